The second-order valence-corrected chi connectivity index (χ2v) is 3.57. The van der Waals surface area contributed by atoms with Crippen LogP contribution >= 0.6 is 0 Å². The number of anilines is 1. The van der Waals surface area contributed by atoms with Crippen molar-refractivity contribution in [2.45, 2.75) is 6.92 Å². The van der Waals surface area contributed by atoms with Gasteiger partial charge in [-0.3, -0.25) is 0 Å². The number of ether oxygens (including phenoxy) is 1. The molecule has 0 aliphatic carbocycles. The quantitative estimate of drug-likeness (QED) is 0.641. The van der Waals surface area contributed by atoms with Crippen molar-refractivity contribution in [3.05, 3.63) is 41.6 Å². The maximum atomic E-state index is 11.6. The number of amides is 2. The van der Waals surface area contributed by atoms with E-state index in [1.54, 1.807) is 37.3 Å². The first kappa shape index (κ1) is 14.3. The summed E-state index contributed by atoms with van der Waals surface area (Å²) >= 11 is 0. The van der Waals surface area contributed by atoms with Crippen molar-refractivity contribution in [1.29, 1.82) is 5.26 Å². The molecule has 2 amide bonds. The number of allylic oxidation sites excluding steroid dienone is 2. The normalized spacial score (nSPS) is 10.3. The Labute approximate surface area is 110 Å². The lowest BCUT2D eigenvalue weighted by Gasteiger charge is -2.10. The number of carbonyl (C=O) groups is 2. The highest BCUT2D eigenvalue weighted by Crippen LogP contribution is 2.15. The van der Waals surface area contributed by atoms with Gasteiger partial charge < -0.3 is 15.4 Å². The monoisotopic (exact) mass is 259 g/mol. The first-order valence-corrected chi connectivity index (χ1v) is 5.40. The molecule has 0 unspecified atom stereocenters. The van der Waals surface area contributed by atoms with E-state index >= 15 is 0 Å². The van der Waals surface area contributed by atoms with Crippen LogP contribution in [0.5, 0.6) is 0 Å². The van der Waals surface area contributed by atoms with Crippen molar-refractivity contribution in [3.8, 4) is 6.07 Å². The van der Waals surface area contributed by atoms with Gasteiger partial charge in [0.05, 0.1) is 24.4 Å². The first-order chi connectivity index (χ1) is 9.08. The van der Waals surface area contributed by atoms with Gasteiger partial charge in [0.15, 0.2) is 0 Å². The van der Waals surface area contributed by atoms with Gasteiger partial charge in [0.2, 0.25) is 0 Å². The van der Waals surface area contributed by atoms with E-state index in [0.717, 1.165) is 0 Å². The summed E-state index contributed by atoms with van der Waals surface area (Å²) in [5, 5.41) is 13.4. The van der Waals surface area contributed by atoms with Gasteiger partial charge in [-0.1, -0.05) is 12.1 Å². The van der Waals surface area contributed by atoms with Crippen molar-refractivity contribution in [2.24, 2.45) is 0 Å². The van der Waals surface area contributed by atoms with Gasteiger partial charge in [-0.2, -0.15) is 5.26 Å². The third kappa shape index (κ3) is 4.16. The van der Waals surface area contributed by atoms with Gasteiger partial charge >= 0.3 is 12.0 Å². The van der Waals surface area contributed by atoms with E-state index < -0.39 is 12.0 Å². The third-order valence-corrected chi connectivity index (χ3v) is 2.17. The molecule has 0 aliphatic rings. The molecule has 6 heteroatoms. The Morgan fingerprint density at radius 2 is 2.05 bits per heavy atom. The van der Waals surface area contributed by atoms with Crippen molar-refractivity contribution >= 4 is 17.7 Å². The van der Waals surface area contributed by atoms with Crippen LogP contribution in [0.2, 0.25) is 0 Å². The van der Waals surface area contributed by atoms with E-state index in [4.69, 9.17) is 5.26 Å². The molecule has 19 heavy (non-hydrogen) atoms. The average molecular weight is 259 g/mol. The van der Waals surface area contributed by atoms with Gasteiger partial charge in [0.1, 0.15) is 0 Å². The summed E-state index contributed by atoms with van der Waals surface area (Å²) in [6.45, 7) is 1.58. The molecule has 0 saturated heterocycles. The van der Waals surface area contributed by atoms with Crippen molar-refractivity contribution in [1.82, 2.24) is 5.32 Å². The van der Waals surface area contributed by atoms with Crippen LogP contribution in [-0.2, 0) is 4.74 Å². The summed E-state index contributed by atoms with van der Waals surface area (Å²) in [5.41, 5.74) is 0.981. The molecule has 1 aromatic carbocycles. The first-order valence-electron chi connectivity index (χ1n) is 5.40. The van der Waals surface area contributed by atoms with Gasteiger partial charge in [-0.05, 0) is 19.1 Å². The highest BCUT2D eigenvalue weighted by Gasteiger charge is 2.12. The van der Waals surface area contributed by atoms with Crippen LogP contribution in [-0.4, -0.2) is 19.1 Å². The number of hydrogen-bond donors (Lipinski definition) is 2. The Morgan fingerprint density at radius 3 is 2.68 bits per heavy atom. The molecule has 98 valence electrons. The molecule has 0 saturated carbocycles. The predicted molar refractivity (Wildman–Crippen MR) is 69.3 cm³/mol. The van der Waals surface area contributed by atoms with Crippen molar-refractivity contribution in [3.63, 3.8) is 0 Å². The number of para-hydroxylation sites is 1. The lowest BCUT2D eigenvalue weighted by molar-refractivity contribution is 0.0602. The number of hydrogen-bond acceptors (Lipinski definition) is 4. The fourth-order valence-electron chi connectivity index (χ4n) is 1.35. The zero-order chi connectivity index (χ0) is 14.3. The number of esters is 1. The number of nitriles is 1. The molecule has 0 bridgehead atoms. The minimum absolute atomic E-state index is 0.252. The standard InChI is InChI=1S/C13H13N3O3/c1-9(7-8-14)15-13(18)16-11-6-4-3-5-10(11)12(17)19-2/h3-7H,1-2H3,(H2,15,16,18)/b9-7-. The minimum Gasteiger partial charge on any atom is -0.465 e. The Kier molecular flexibility index (Phi) is 5.11. The van der Waals surface area contributed by atoms with E-state index in [1.165, 1.54) is 13.2 Å². The van der Waals surface area contributed by atoms with Crippen LogP contribution < -0.4 is 10.6 Å². The summed E-state index contributed by atoms with van der Waals surface area (Å²) in [5.74, 6) is -0.541. The zero-order valence-electron chi connectivity index (χ0n) is 10.6. The van der Waals surface area contributed by atoms with E-state index in [9.17, 15) is 9.59 Å². The van der Waals surface area contributed by atoms with Gasteiger partial charge in [0.25, 0.3) is 0 Å². The Balaban J connectivity index is 2.83. The Morgan fingerprint density at radius 1 is 1.37 bits per heavy atom. The molecule has 2 N–H and O–H groups in total. The fourth-order valence-corrected chi connectivity index (χ4v) is 1.35. The summed E-state index contributed by atoms with van der Waals surface area (Å²) in [6, 6.07) is 7.72. The maximum absolute atomic E-state index is 11.6. The highest BCUT2D eigenvalue weighted by molar-refractivity contribution is 6.01. The molecule has 0 aliphatic heterocycles. The van der Waals surface area contributed by atoms with Crippen LogP contribution in [0.15, 0.2) is 36.0 Å². The Hall–Kier alpha value is -2.81. The Bertz CT molecular complexity index is 558. The zero-order valence-corrected chi connectivity index (χ0v) is 10.6. The largest absolute Gasteiger partial charge is 0.465 e. The summed E-state index contributed by atoms with van der Waals surface area (Å²) < 4.78 is 4.61. The number of benzene rings is 1. The maximum Gasteiger partial charge on any atom is 0.339 e. The lowest BCUT2D eigenvalue weighted by Crippen LogP contribution is -2.28. The van der Waals surface area contributed by atoms with E-state index in [1.807, 2.05) is 0 Å². The number of urea groups is 1. The van der Waals surface area contributed by atoms with E-state index in [-0.39, 0.29) is 5.56 Å². The lowest BCUT2D eigenvalue weighted by atomic mass is 10.2. The van der Waals surface area contributed by atoms with E-state index in [2.05, 4.69) is 15.4 Å². The van der Waals surface area contributed by atoms with Crippen molar-refractivity contribution < 1.29 is 14.3 Å². The predicted octanol–water partition coefficient (Wildman–Crippen LogP) is 2.02. The number of methoxy groups -OCH3 is 1. The van der Waals surface area contributed by atoms with Crippen LogP contribution in [0, 0.1) is 11.3 Å². The van der Waals surface area contributed by atoms with Crippen LogP contribution in [0.4, 0.5) is 10.5 Å². The van der Waals surface area contributed by atoms with Crippen molar-refractivity contribution in [2.75, 3.05) is 12.4 Å². The molecule has 0 fully saturated rings. The van der Waals surface area contributed by atoms with Gasteiger partial charge in [0, 0.05) is 11.8 Å². The second kappa shape index (κ2) is 6.81. The number of carbonyl (C=O) groups excluding carboxylic acids is 2. The molecular formula is C13H13N3O3. The van der Waals surface area contributed by atoms with Crippen LogP contribution in [0.1, 0.15) is 17.3 Å². The molecule has 6 nitrogen and oxygen atoms in total. The summed E-state index contributed by atoms with van der Waals surface area (Å²) in [6.07, 6.45) is 1.20. The third-order valence-electron chi connectivity index (χ3n) is 2.17. The second-order valence-electron chi connectivity index (χ2n) is 3.57. The molecule has 1 aromatic rings. The average Bonchev–Trinajstić information content (AvgIpc) is 2.38. The molecular weight excluding hydrogens is 246 g/mol. The topological polar surface area (TPSA) is 91.2 Å². The van der Waals surface area contributed by atoms with Gasteiger partial charge in [-0.15, -0.1) is 0 Å². The molecule has 1 rings (SSSR count). The number of nitrogens with zero attached hydrogens (tertiary/aromatic N) is 1. The molecule has 0 heterocycles. The fraction of sp³-hybridized carbons (Fsp3) is 0.154. The molecule has 0 atom stereocenters. The smallest absolute Gasteiger partial charge is 0.339 e. The summed E-state index contributed by atoms with van der Waals surface area (Å²) in [7, 11) is 1.26. The molecule has 0 aromatic heterocycles. The molecule has 0 spiro atoms. The minimum atomic E-state index is -0.541. The highest BCUT2D eigenvalue weighted by atomic mass is 16.5. The van der Waals surface area contributed by atoms with E-state index in [0.29, 0.717) is 11.4 Å². The van der Waals surface area contributed by atoms with Crippen LogP contribution in [0.3, 0.4) is 0 Å². The summed E-state index contributed by atoms with van der Waals surface area (Å²) in [4.78, 5) is 23.1. The van der Waals surface area contributed by atoms with Gasteiger partial charge in [-0.25, -0.2) is 9.59 Å². The molecule has 0 radical (unpaired) electrons. The van der Waals surface area contributed by atoms with Crippen LogP contribution in [0.25, 0.3) is 0 Å². The number of nitrogens with one attached hydrogen (secondary N) is 2. The SMILES string of the molecule is COC(=O)c1ccccc1NC(=O)N/C(C)=C\C#N. The number of rotatable bonds is 3.